The summed E-state index contributed by atoms with van der Waals surface area (Å²) < 4.78 is 18.9. The van der Waals surface area contributed by atoms with E-state index in [1.54, 1.807) is 12.1 Å². The van der Waals surface area contributed by atoms with Crippen molar-refractivity contribution < 1.29 is 9.13 Å². The van der Waals surface area contributed by atoms with Gasteiger partial charge >= 0.3 is 0 Å². The van der Waals surface area contributed by atoms with Gasteiger partial charge in [-0.1, -0.05) is 25.5 Å². The van der Waals surface area contributed by atoms with Crippen molar-refractivity contribution in [3.8, 4) is 0 Å². The van der Waals surface area contributed by atoms with Gasteiger partial charge in [0.2, 0.25) is 0 Å². The highest BCUT2D eigenvalue weighted by Crippen LogP contribution is 2.32. The summed E-state index contributed by atoms with van der Waals surface area (Å²) in [6.07, 6.45) is 3.25. The Morgan fingerprint density at radius 2 is 2.17 bits per heavy atom. The Bertz CT molecular complexity index is 377. The summed E-state index contributed by atoms with van der Waals surface area (Å²) in [6, 6.07) is 6.98. The summed E-state index contributed by atoms with van der Waals surface area (Å²) in [7, 11) is 0. The molecule has 2 nitrogen and oxygen atoms in total. The normalized spacial score (nSPS) is 17.4. The highest BCUT2D eigenvalue weighted by molar-refractivity contribution is 5.30. The molecule has 1 aromatic rings. The lowest BCUT2D eigenvalue weighted by Crippen LogP contribution is -2.57. The Labute approximate surface area is 109 Å². The fourth-order valence-corrected chi connectivity index (χ4v) is 2.39. The molecule has 0 aromatic heterocycles. The van der Waals surface area contributed by atoms with Crippen molar-refractivity contribution in [2.24, 2.45) is 0 Å². The Morgan fingerprint density at radius 3 is 2.78 bits per heavy atom. The van der Waals surface area contributed by atoms with Crippen LogP contribution in [0.3, 0.4) is 0 Å². The molecule has 0 amide bonds. The van der Waals surface area contributed by atoms with Crippen LogP contribution >= 0.6 is 0 Å². The van der Waals surface area contributed by atoms with Crippen molar-refractivity contribution in [3.05, 3.63) is 35.6 Å². The van der Waals surface area contributed by atoms with E-state index < -0.39 is 0 Å². The van der Waals surface area contributed by atoms with Crippen molar-refractivity contribution in [3.63, 3.8) is 0 Å². The second-order valence-electron chi connectivity index (χ2n) is 5.11. The Balaban J connectivity index is 1.90. The average molecular weight is 251 g/mol. The Morgan fingerprint density at radius 1 is 1.33 bits per heavy atom. The third-order valence-electron chi connectivity index (χ3n) is 3.73. The zero-order chi connectivity index (χ0) is 12.8. The fourth-order valence-electron chi connectivity index (χ4n) is 2.39. The maximum absolute atomic E-state index is 13.3. The number of unbranched alkanes of at least 4 members (excludes halogenated alkanes) is 1. The van der Waals surface area contributed by atoms with Crippen molar-refractivity contribution in [1.82, 2.24) is 5.32 Å². The number of halogens is 1. The molecule has 3 heteroatoms. The maximum Gasteiger partial charge on any atom is 0.123 e. The molecule has 0 aliphatic carbocycles. The molecule has 100 valence electrons. The van der Waals surface area contributed by atoms with E-state index in [9.17, 15) is 4.39 Å². The topological polar surface area (TPSA) is 21.3 Å². The summed E-state index contributed by atoms with van der Waals surface area (Å²) >= 11 is 0. The van der Waals surface area contributed by atoms with Crippen LogP contribution in [0.1, 0.15) is 31.7 Å². The molecule has 1 aliphatic heterocycles. The van der Waals surface area contributed by atoms with E-state index in [0.717, 1.165) is 51.1 Å². The third kappa shape index (κ3) is 3.09. The van der Waals surface area contributed by atoms with Gasteiger partial charge in [0.15, 0.2) is 0 Å². The first kappa shape index (κ1) is 13.5. The first-order valence-corrected chi connectivity index (χ1v) is 6.81. The van der Waals surface area contributed by atoms with E-state index in [1.165, 1.54) is 6.07 Å². The molecule has 1 aromatic carbocycles. The van der Waals surface area contributed by atoms with Crippen LogP contribution in [-0.4, -0.2) is 26.3 Å². The summed E-state index contributed by atoms with van der Waals surface area (Å²) in [6.45, 7) is 5.61. The van der Waals surface area contributed by atoms with Crippen molar-refractivity contribution >= 4 is 0 Å². The second-order valence-corrected chi connectivity index (χ2v) is 5.11. The lowest BCUT2D eigenvalue weighted by atomic mass is 9.73. The van der Waals surface area contributed by atoms with Crippen LogP contribution in [0.25, 0.3) is 0 Å². The minimum atomic E-state index is -0.148. The molecule has 1 N–H and O–H groups in total. The average Bonchev–Trinajstić information content (AvgIpc) is 2.32. The number of rotatable bonds is 7. The van der Waals surface area contributed by atoms with Gasteiger partial charge in [0.05, 0.1) is 0 Å². The number of hydrogen-bond donors (Lipinski definition) is 1. The number of ether oxygens (including phenoxy) is 1. The molecule has 0 saturated carbocycles. The Hall–Kier alpha value is -0.930. The number of hydrogen-bond acceptors (Lipinski definition) is 2. The lowest BCUT2D eigenvalue weighted by Gasteiger charge is -2.43. The summed E-state index contributed by atoms with van der Waals surface area (Å²) in [5.41, 5.74) is 1.18. The fraction of sp³-hybridized carbons (Fsp3) is 0.600. The quantitative estimate of drug-likeness (QED) is 0.752. The van der Waals surface area contributed by atoms with Crippen LogP contribution in [0.4, 0.5) is 4.39 Å². The van der Waals surface area contributed by atoms with Crippen LogP contribution in [0.5, 0.6) is 0 Å². The molecule has 1 aliphatic rings. The molecule has 0 unspecified atom stereocenters. The standard InChI is InChI=1S/C15H22FNO/c1-2-3-8-18-9-7-15(11-17-12-15)13-5-4-6-14(16)10-13/h4-6,10,17H,2-3,7-9,11-12H2,1H3. The molecule has 1 heterocycles. The van der Waals surface area contributed by atoms with Gasteiger partial charge in [-0.3, -0.25) is 0 Å². The predicted molar refractivity (Wildman–Crippen MR) is 71.3 cm³/mol. The molecular weight excluding hydrogens is 229 g/mol. The van der Waals surface area contributed by atoms with Crippen molar-refractivity contribution in [1.29, 1.82) is 0 Å². The Kier molecular flexibility index (Phi) is 4.72. The van der Waals surface area contributed by atoms with E-state index in [-0.39, 0.29) is 11.2 Å². The molecule has 0 spiro atoms. The molecular formula is C15H22FNO. The van der Waals surface area contributed by atoms with Gasteiger partial charge in [0.1, 0.15) is 5.82 Å². The summed E-state index contributed by atoms with van der Waals surface area (Å²) in [4.78, 5) is 0. The molecule has 2 rings (SSSR count). The van der Waals surface area contributed by atoms with E-state index in [0.29, 0.717) is 0 Å². The van der Waals surface area contributed by atoms with E-state index >= 15 is 0 Å². The van der Waals surface area contributed by atoms with Crippen molar-refractivity contribution in [2.75, 3.05) is 26.3 Å². The maximum atomic E-state index is 13.3. The van der Waals surface area contributed by atoms with Gasteiger partial charge < -0.3 is 10.1 Å². The molecule has 1 fully saturated rings. The minimum absolute atomic E-state index is 0.0777. The smallest absolute Gasteiger partial charge is 0.123 e. The van der Waals surface area contributed by atoms with E-state index in [4.69, 9.17) is 4.74 Å². The minimum Gasteiger partial charge on any atom is -0.381 e. The molecule has 18 heavy (non-hydrogen) atoms. The highest BCUT2D eigenvalue weighted by atomic mass is 19.1. The highest BCUT2D eigenvalue weighted by Gasteiger charge is 2.38. The first-order chi connectivity index (χ1) is 8.77. The molecule has 0 bridgehead atoms. The van der Waals surface area contributed by atoms with Gasteiger partial charge in [-0.05, 0) is 30.5 Å². The number of benzene rings is 1. The number of nitrogens with one attached hydrogen (secondary N) is 1. The van der Waals surface area contributed by atoms with Crippen LogP contribution in [0.15, 0.2) is 24.3 Å². The van der Waals surface area contributed by atoms with Crippen LogP contribution in [-0.2, 0) is 10.2 Å². The van der Waals surface area contributed by atoms with Gasteiger partial charge in [-0.15, -0.1) is 0 Å². The second kappa shape index (κ2) is 6.30. The van der Waals surface area contributed by atoms with Crippen LogP contribution < -0.4 is 5.32 Å². The van der Waals surface area contributed by atoms with E-state index in [2.05, 4.69) is 12.2 Å². The van der Waals surface area contributed by atoms with Gasteiger partial charge in [0.25, 0.3) is 0 Å². The first-order valence-electron chi connectivity index (χ1n) is 6.81. The predicted octanol–water partition coefficient (Wildman–Crippen LogP) is 2.87. The zero-order valence-corrected chi connectivity index (χ0v) is 11.0. The SMILES string of the molecule is CCCCOCCC1(c2cccc(F)c2)CNC1. The molecule has 1 saturated heterocycles. The van der Waals surface area contributed by atoms with Gasteiger partial charge in [0, 0.05) is 31.7 Å². The van der Waals surface area contributed by atoms with Gasteiger partial charge in [-0.25, -0.2) is 4.39 Å². The van der Waals surface area contributed by atoms with Crippen LogP contribution in [0, 0.1) is 5.82 Å². The lowest BCUT2D eigenvalue weighted by molar-refractivity contribution is 0.0972. The largest absolute Gasteiger partial charge is 0.381 e. The third-order valence-corrected chi connectivity index (χ3v) is 3.73. The van der Waals surface area contributed by atoms with Gasteiger partial charge in [-0.2, -0.15) is 0 Å². The summed E-state index contributed by atoms with van der Waals surface area (Å²) in [5.74, 6) is -0.148. The van der Waals surface area contributed by atoms with Crippen molar-refractivity contribution in [2.45, 2.75) is 31.6 Å². The monoisotopic (exact) mass is 251 g/mol. The van der Waals surface area contributed by atoms with E-state index in [1.807, 2.05) is 6.07 Å². The van der Waals surface area contributed by atoms with Crippen LogP contribution in [0.2, 0.25) is 0 Å². The zero-order valence-electron chi connectivity index (χ0n) is 11.0. The summed E-state index contributed by atoms with van der Waals surface area (Å²) in [5, 5.41) is 3.29. The molecule has 0 radical (unpaired) electrons. The molecule has 0 atom stereocenters.